The Morgan fingerprint density at radius 1 is 1.03 bits per heavy atom. The van der Waals surface area contributed by atoms with Gasteiger partial charge in [0.05, 0.1) is 0 Å². The highest BCUT2D eigenvalue weighted by molar-refractivity contribution is 6.00. The maximum absolute atomic E-state index is 13.2. The Hall–Kier alpha value is -3.55. The number of ketones is 1. The molecule has 1 fully saturated rings. The molecule has 3 aromatic rings. The van der Waals surface area contributed by atoms with E-state index in [1.165, 1.54) is 12.1 Å². The lowest BCUT2D eigenvalue weighted by molar-refractivity contribution is 0.0467. The van der Waals surface area contributed by atoms with Gasteiger partial charge in [0.25, 0.3) is 0 Å². The fourth-order valence-corrected chi connectivity index (χ4v) is 3.93. The van der Waals surface area contributed by atoms with Crippen molar-refractivity contribution >= 4 is 17.6 Å². The number of Topliss-reactive ketones (excluding diaryl/α,β-unsaturated/α-hetero) is 1. The van der Waals surface area contributed by atoms with Crippen LogP contribution in [0.15, 0.2) is 42.5 Å². The molecular formula is C24H25FN4O3. The summed E-state index contributed by atoms with van der Waals surface area (Å²) in [5.41, 5.74) is 3.15. The van der Waals surface area contributed by atoms with Crippen molar-refractivity contribution in [1.29, 1.82) is 0 Å². The van der Waals surface area contributed by atoms with Gasteiger partial charge < -0.3 is 14.2 Å². The van der Waals surface area contributed by atoms with Crippen LogP contribution in [0.4, 0.5) is 10.2 Å². The number of carbonyl (C=O) groups excluding carboxylic acids is 2. The number of anilines is 1. The predicted octanol–water partition coefficient (Wildman–Crippen LogP) is 3.72. The Kier molecular flexibility index (Phi) is 6.30. The molecule has 0 atom stereocenters. The summed E-state index contributed by atoms with van der Waals surface area (Å²) in [6.45, 7) is 5.75. The van der Waals surface area contributed by atoms with E-state index in [-0.39, 0.29) is 23.9 Å². The SMILES string of the molecule is Cc1cc(C(=O)COC(=O)c2ccc(N3CCCC3)nn2)c(C)n1Cc1ccc(F)cc1. The summed E-state index contributed by atoms with van der Waals surface area (Å²) in [5.74, 6) is -0.524. The zero-order valence-corrected chi connectivity index (χ0v) is 18.2. The van der Waals surface area contributed by atoms with Crippen molar-refractivity contribution in [3.8, 4) is 0 Å². The summed E-state index contributed by atoms with van der Waals surface area (Å²) in [6.07, 6.45) is 2.25. The van der Waals surface area contributed by atoms with E-state index in [4.69, 9.17) is 4.74 Å². The van der Waals surface area contributed by atoms with Crippen LogP contribution in [-0.2, 0) is 11.3 Å². The molecule has 0 radical (unpaired) electrons. The molecule has 1 saturated heterocycles. The van der Waals surface area contributed by atoms with Gasteiger partial charge in [0.2, 0.25) is 5.78 Å². The van der Waals surface area contributed by atoms with E-state index >= 15 is 0 Å². The maximum atomic E-state index is 13.2. The first-order valence-electron chi connectivity index (χ1n) is 10.6. The van der Waals surface area contributed by atoms with Crippen LogP contribution in [0.25, 0.3) is 0 Å². The minimum atomic E-state index is -0.682. The van der Waals surface area contributed by atoms with Gasteiger partial charge in [-0.3, -0.25) is 4.79 Å². The molecule has 3 heterocycles. The molecule has 2 aromatic heterocycles. The fraction of sp³-hybridized carbons (Fsp3) is 0.333. The van der Waals surface area contributed by atoms with E-state index in [0.717, 1.165) is 48.7 Å². The van der Waals surface area contributed by atoms with Gasteiger partial charge in [0, 0.05) is 36.6 Å². The summed E-state index contributed by atoms with van der Waals surface area (Å²) in [7, 11) is 0. The van der Waals surface area contributed by atoms with E-state index in [1.807, 2.05) is 18.4 Å². The molecule has 0 N–H and O–H groups in total. The van der Waals surface area contributed by atoms with Crippen molar-refractivity contribution in [3.05, 3.63) is 76.5 Å². The number of ether oxygens (including phenoxy) is 1. The molecule has 0 aliphatic carbocycles. The molecule has 8 heteroatoms. The second-order valence-corrected chi connectivity index (χ2v) is 7.97. The first kappa shape index (κ1) is 21.7. The molecule has 0 unspecified atom stereocenters. The summed E-state index contributed by atoms with van der Waals surface area (Å²) in [6, 6.07) is 11.4. The molecule has 7 nitrogen and oxygen atoms in total. The van der Waals surface area contributed by atoms with Crippen LogP contribution in [0.5, 0.6) is 0 Å². The van der Waals surface area contributed by atoms with Crippen molar-refractivity contribution in [2.75, 3.05) is 24.6 Å². The second kappa shape index (κ2) is 9.30. The number of benzene rings is 1. The fourth-order valence-electron chi connectivity index (χ4n) is 3.93. The van der Waals surface area contributed by atoms with Gasteiger partial charge >= 0.3 is 5.97 Å². The number of nitrogens with zero attached hydrogens (tertiary/aromatic N) is 4. The predicted molar refractivity (Wildman–Crippen MR) is 118 cm³/mol. The van der Waals surface area contributed by atoms with Crippen molar-refractivity contribution in [3.63, 3.8) is 0 Å². The highest BCUT2D eigenvalue weighted by atomic mass is 19.1. The molecule has 32 heavy (non-hydrogen) atoms. The van der Waals surface area contributed by atoms with Crippen LogP contribution in [0, 0.1) is 19.7 Å². The van der Waals surface area contributed by atoms with Gasteiger partial charge in [0.1, 0.15) is 5.82 Å². The van der Waals surface area contributed by atoms with Crippen LogP contribution >= 0.6 is 0 Å². The van der Waals surface area contributed by atoms with Gasteiger partial charge in [-0.15, -0.1) is 10.2 Å². The Morgan fingerprint density at radius 2 is 1.75 bits per heavy atom. The van der Waals surface area contributed by atoms with Crippen LogP contribution in [-0.4, -0.2) is 46.2 Å². The summed E-state index contributed by atoms with van der Waals surface area (Å²) < 4.78 is 20.3. The van der Waals surface area contributed by atoms with Crippen LogP contribution < -0.4 is 4.90 Å². The molecular weight excluding hydrogens is 411 g/mol. The minimum Gasteiger partial charge on any atom is -0.453 e. The lowest BCUT2D eigenvalue weighted by Gasteiger charge is -2.15. The number of hydrogen-bond acceptors (Lipinski definition) is 6. The zero-order chi connectivity index (χ0) is 22.7. The quantitative estimate of drug-likeness (QED) is 0.415. The average molecular weight is 436 g/mol. The molecule has 166 valence electrons. The van der Waals surface area contributed by atoms with Gasteiger partial charge in [-0.2, -0.15) is 0 Å². The van der Waals surface area contributed by atoms with Crippen molar-refractivity contribution in [1.82, 2.24) is 14.8 Å². The summed E-state index contributed by atoms with van der Waals surface area (Å²) in [5, 5.41) is 8.06. The molecule has 0 saturated carbocycles. The first-order chi connectivity index (χ1) is 15.4. The Balaban J connectivity index is 1.38. The lowest BCUT2D eigenvalue weighted by atomic mass is 10.1. The third-order valence-corrected chi connectivity index (χ3v) is 5.75. The monoisotopic (exact) mass is 436 g/mol. The lowest BCUT2D eigenvalue weighted by Crippen LogP contribution is -2.20. The molecule has 1 aliphatic heterocycles. The van der Waals surface area contributed by atoms with Gasteiger partial charge in [-0.1, -0.05) is 12.1 Å². The number of aromatic nitrogens is 3. The number of rotatable bonds is 7. The number of carbonyl (C=O) groups is 2. The van der Waals surface area contributed by atoms with Gasteiger partial charge in [-0.05, 0) is 62.6 Å². The topological polar surface area (TPSA) is 77.3 Å². The standard InChI is InChI=1S/C24H25FN4O3/c1-16-13-20(17(2)29(16)14-18-5-7-19(25)8-6-18)22(30)15-32-24(31)21-9-10-23(27-26-21)28-11-3-4-12-28/h5-10,13H,3-4,11-12,14-15H2,1-2H3. The van der Waals surface area contributed by atoms with Crippen molar-refractivity contribution in [2.24, 2.45) is 0 Å². The van der Waals surface area contributed by atoms with E-state index in [0.29, 0.717) is 12.1 Å². The second-order valence-electron chi connectivity index (χ2n) is 7.97. The van der Waals surface area contributed by atoms with Crippen LogP contribution in [0.1, 0.15) is 50.6 Å². The van der Waals surface area contributed by atoms with Crippen LogP contribution in [0.2, 0.25) is 0 Å². The number of esters is 1. The molecule has 0 amide bonds. The van der Waals surface area contributed by atoms with E-state index in [1.54, 1.807) is 30.3 Å². The Labute approximate surface area is 185 Å². The molecule has 1 aromatic carbocycles. The third kappa shape index (κ3) is 4.69. The van der Waals surface area contributed by atoms with Crippen molar-refractivity contribution < 1.29 is 18.7 Å². The zero-order valence-electron chi connectivity index (χ0n) is 18.2. The van der Waals surface area contributed by atoms with E-state index in [9.17, 15) is 14.0 Å². The Bertz CT molecular complexity index is 1120. The van der Waals surface area contributed by atoms with Gasteiger partial charge in [-0.25, -0.2) is 9.18 Å². The number of aryl methyl sites for hydroxylation is 1. The largest absolute Gasteiger partial charge is 0.453 e. The molecule has 1 aliphatic rings. The molecule has 0 spiro atoms. The highest BCUT2D eigenvalue weighted by Crippen LogP contribution is 2.19. The van der Waals surface area contributed by atoms with Crippen LogP contribution in [0.3, 0.4) is 0 Å². The normalized spacial score (nSPS) is 13.4. The van der Waals surface area contributed by atoms with Gasteiger partial charge in [0.15, 0.2) is 18.1 Å². The summed E-state index contributed by atoms with van der Waals surface area (Å²) in [4.78, 5) is 27.1. The maximum Gasteiger partial charge on any atom is 0.359 e. The van der Waals surface area contributed by atoms with E-state index < -0.39 is 5.97 Å². The number of halogens is 1. The van der Waals surface area contributed by atoms with Crippen molar-refractivity contribution in [2.45, 2.75) is 33.2 Å². The number of hydrogen-bond donors (Lipinski definition) is 0. The highest BCUT2D eigenvalue weighted by Gasteiger charge is 2.20. The molecule has 4 rings (SSSR count). The van der Waals surface area contributed by atoms with E-state index in [2.05, 4.69) is 15.1 Å². The smallest absolute Gasteiger partial charge is 0.359 e. The third-order valence-electron chi connectivity index (χ3n) is 5.75. The molecule has 0 bridgehead atoms. The first-order valence-corrected chi connectivity index (χ1v) is 10.6. The summed E-state index contributed by atoms with van der Waals surface area (Å²) >= 11 is 0. The Morgan fingerprint density at radius 3 is 2.41 bits per heavy atom. The minimum absolute atomic E-state index is 0.0718. The average Bonchev–Trinajstić information content (AvgIpc) is 3.43.